The zero-order chi connectivity index (χ0) is 10.6. The standard InChI is InChI=1S/C11H17N3/c1-4-5-9(2)11-6-7-13-14(11)8-10(3)12/h6-7H,2-5,8,12H2,1H3. The highest BCUT2D eigenvalue weighted by molar-refractivity contribution is 5.59. The second-order valence-corrected chi connectivity index (χ2v) is 3.39. The van der Waals surface area contributed by atoms with Gasteiger partial charge in [-0.15, -0.1) is 0 Å². The van der Waals surface area contributed by atoms with E-state index in [-0.39, 0.29) is 0 Å². The topological polar surface area (TPSA) is 43.8 Å². The molecule has 1 aromatic heterocycles. The fourth-order valence-electron chi connectivity index (χ4n) is 1.38. The normalized spacial score (nSPS) is 10.1. The molecule has 0 aromatic carbocycles. The van der Waals surface area contributed by atoms with Gasteiger partial charge < -0.3 is 5.73 Å². The van der Waals surface area contributed by atoms with Crippen molar-refractivity contribution >= 4 is 5.57 Å². The second kappa shape index (κ2) is 4.65. The molecule has 2 N–H and O–H groups in total. The molecule has 0 bridgehead atoms. The number of rotatable bonds is 5. The average Bonchev–Trinajstić information content (AvgIpc) is 2.51. The first kappa shape index (κ1) is 10.6. The molecule has 0 amide bonds. The summed E-state index contributed by atoms with van der Waals surface area (Å²) in [7, 11) is 0. The minimum absolute atomic E-state index is 0.561. The molecule has 1 heterocycles. The van der Waals surface area contributed by atoms with Crippen molar-refractivity contribution in [3.05, 3.63) is 36.8 Å². The molecule has 0 saturated carbocycles. The third-order valence-corrected chi connectivity index (χ3v) is 1.98. The van der Waals surface area contributed by atoms with E-state index >= 15 is 0 Å². The first-order valence-corrected chi connectivity index (χ1v) is 4.78. The summed E-state index contributed by atoms with van der Waals surface area (Å²) >= 11 is 0. The van der Waals surface area contributed by atoms with Crippen LogP contribution >= 0.6 is 0 Å². The maximum atomic E-state index is 5.54. The van der Waals surface area contributed by atoms with Crippen LogP contribution in [0.2, 0.25) is 0 Å². The van der Waals surface area contributed by atoms with Crippen LogP contribution in [-0.2, 0) is 6.54 Å². The van der Waals surface area contributed by atoms with E-state index in [1.54, 1.807) is 6.20 Å². The molecule has 0 aliphatic carbocycles. The summed E-state index contributed by atoms with van der Waals surface area (Å²) in [5.74, 6) is 0. The Bertz CT molecular complexity index is 336. The maximum Gasteiger partial charge on any atom is 0.0804 e. The average molecular weight is 191 g/mol. The Labute approximate surface area is 84.9 Å². The smallest absolute Gasteiger partial charge is 0.0804 e. The molecule has 3 nitrogen and oxygen atoms in total. The molecule has 0 saturated heterocycles. The molecule has 0 aliphatic rings. The highest BCUT2D eigenvalue weighted by Crippen LogP contribution is 2.17. The molecule has 3 heteroatoms. The van der Waals surface area contributed by atoms with Crippen molar-refractivity contribution in [1.82, 2.24) is 9.78 Å². The number of hydrogen-bond acceptors (Lipinski definition) is 2. The van der Waals surface area contributed by atoms with Gasteiger partial charge >= 0.3 is 0 Å². The Balaban J connectivity index is 2.81. The molecule has 14 heavy (non-hydrogen) atoms. The van der Waals surface area contributed by atoms with Crippen LogP contribution in [0, 0.1) is 0 Å². The summed E-state index contributed by atoms with van der Waals surface area (Å²) in [5, 5.41) is 4.17. The van der Waals surface area contributed by atoms with E-state index < -0.39 is 0 Å². The van der Waals surface area contributed by atoms with Crippen LogP contribution in [-0.4, -0.2) is 9.78 Å². The number of hydrogen-bond donors (Lipinski definition) is 1. The number of allylic oxidation sites excluding steroid dienone is 2. The number of nitrogens with two attached hydrogens (primary N) is 1. The third-order valence-electron chi connectivity index (χ3n) is 1.98. The predicted molar refractivity (Wildman–Crippen MR) is 59.5 cm³/mol. The van der Waals surface area contributed by atoms with Crippen molar-refractivity contribution in [1.29, 1.82) is 0 Å². The molecular formula is C11H17N3. The third kappa shape index (κ3) is 2.49. The van der Waals surface area contributed by atoms with E-state index in [4.69, 9.17) is 5.73 Å². The van der Waals surface area contributed by atoms with Gasteiger partial charge in [-0.2, -0.15) is 5.10 Å². The maximum absolute atomic E-state index is 5.54. The molecule has 0 radical (unpaired) electrons. The Kier molecular flexibility index (Phi) is 3.51. The van der Waals surface area contributed by atoms with Gasteiger partial charge in [-0.25, -0.2) is 0 Å². The highest BCUT2D eigenvalue weighted by Gasteiger charge is 2.05. The van der Waals surface area contributed by atoms with Crippen LogP contribution in [0.5, 0.6) is 0 Å². The lowest BCUT2D eigenvalue weighted by Crippen LogP contribution is -2.10. The van der Waals surface area contributed by atoms with Gasteiger partial charge in [0.1, 0.15) is 0 Å². The molecule has 0 fully saturated rings. The van der Waals surface area contributed by atoms with Crippen molar-refractivity contribution in [2.45, 2.75) is 26.3 Å². The van der Waals surface area contributed by atoms with Gasteiger partial charge in [-0.1, -0.05) is 26.5 Å². The monoisotopic (exact) mass is 191 g/mol. The quantitative estimate of drug-likeness (QED) is 0.775. The first-order valence-electron chi connectivity index (χ1n) is 4.78. The van der Waals surface area contributed by atoms with Gasteiger partial charge in [-0.3, -0.25) is 4.68 Å². The van der Waals surface area contributed by atoms with E-state index in [1.165, 1.54) is 0 Å². The lowest BCUT2D eigenvalue weighted by atomic mass is 10.1. The van der Waals surface area contributed by atoms with Crippen molar-refractivity contribution in [2.75, 3.05) is 0 Å². The molecule has 1 aromatic rings. The zero-order valence-electron chi connectivity index (χ0n) is 8.66. The molecule has 1 rings (SSSR count). The summed E-state index contributed by atoms with van der Waals surface area (Å²) in [6, 6.07) is 1.96. The first-order chi connectivity index (χ1) is 6.65. The van der Waals surface area contributed by atoms with Crippen LogP contribution in [0.4, 0.5) is 0 Å². The van der Waals surface area contributed by atoms with E-state index in [1.807, 2.05) is 10.7 Å². The lowest BCUT2D eigenvalue weighted by Gasteiger charge is -2.08. The summed E-state index contributed by atoms with van der Waals surface area (Å²) in [6.45, 7) is 10.4. The predicted octanol–water partition coefficient (Wildman–Crippen LogP) is 2.17. The van der Waals surface area contributed by atoms with Crippen LogP contribution in [0.3, 0.4) is 0 Å². The van der Waals surface area contributed by atoms with Crippen LogP contribution in [0.25, 0.3) is 5.57 Å². The van der Waals surface area contributed by atoms with Gasteiger partial charge in [-0.05, 0) is 18.1 Å². The molecule has 0 aliphatic heterocycles. The molecule has 0 spiro atoms. The Morgan fingerprint density at radius 3 is 2.86 bits per heavy atom. The minimum Gasteiger partial charge on any atom is -0.401 e. The van der Waals surface area contributed by atoms with Crippen LogP contribution in [0.1, 0.15) is 25.5 Å². The Morgan fingerprint density at radius 1 is 1.57 bits per heavy atom. The second-order valence-electron chi connectivity index (χ2n) is 3.39. The van der Waals surface area contributed by atoms with Crippen LogP contribution < -0.4 is 5.73 Å². The number of nitrogens with zero attached hydrogens (tertiary/aromatic N) is 2. The van der Waals surface area contributed by atoms with Gasteiger partial charge in [0.25, 0.3) is 0 Å². The fourth-order valence-corrected chi connectivity index (χ4v) is 1.38. The summed E-state index contributed by atoms with van der Waals surface area (Å²) in [6.07, 6.45) is 3.84. The zero-order valence-corrected chi connectivity index (χ0v) is 8.66. The lowest BCUT2D eigenvalue weighted by molar-refractivity contribution is 0.662. The summed E-state index contributed by atoms with van der Waals surface area (Å²) in [4.78, 5) is 0. The Morgan fingerprint density at radius 2 is 2.29 bits per heavy atom. The molecule has 0 atom stereocenters. The summed E-state index contributed by atoms with van der Waals surface area (Å²) < 4.78 is 1.83. The van der Waals surface area contributed by atoms with E-state index in [0.717, 1.165) is 24.1 Å². The summed E-state index contributed by atoms with van der Waals surface area (Å²) in [5.41, 5.74) is 8.31. The van der Waals surface area contributed by atoms with Gasteiger partial charge in [0.2, 0.25) is 0 Å². The number of aromatic nitrogens is 2. The van der Waals surface area contributed by atoms with Crippen LogP contribution in [0.15, 0.2) is 31.1 Å². The van der Waals surface area contributed by atoms with Crippen molar-refractivity contribution in [2.24, 2.45) is 5.73 Å². The molecule has 76 valence electrons. The minimum atomic E-state index is 0.561. The van der Waals surface area contributed by atoms with Crippen molar-refractivity contribution in [3.63, 3.8) is 0 Å². The fraction of sp³-hybridized carbons (Fsp3) is 0.364. The van der Waals surface area contributed by atoms with E-state index in [9.17, 15) is 0 Å². The van der Waals surface area contributed by atoms with Gasteiger partial charge in [0, 0.05) is 11.9 Å². The van der Waals surface area contributed by atoms with Gasteiger partial charge in [0.15, 0.2) is 0 Å². The van der Waals surface area contributed by atoms with E-state index in [2.05, 4.69) is 25.2 Å². The van der Waals surface area contributed by atoms with Crippen molar-refractivity contribution in [3.8, 4) is 0 Å². The molecule has 0 unspecified atom stereocenters. The SMILES string of the molecule is C=C(N)Cn1nccc1C(=C)CCC. The highest BCUT2D eigenvalue weighted by atomic mass is 15.3. The van der Waals surface area contributed by atoms with Gasteiger partial charge in [0.05, 0.1) is 12.2 Å². The van der Waals surface area contributed by atoms with Crippen molar-refractivity contribution < 1.29 is 0 Å². The Hall–Kier alpha value is -1.51. The largest absolute Gasteiger partial charge is 0.401 e. The van der Waals surface area contributed by atoms with E-state index in [0.29, 0.717) is 12.2 Å². The molecular weight excluding hydrogens is 174 g/mol.